The van der Waals surface area contributed by atoms with Gasteiger partial charge in [0.1, 0.15) is 5.75 Å². The van der Waals surface area contributed by atoms with Crippen molar-refractivity contribution in [3.63, 3.8) is 0 Å². The van der Waals surface area contributed by atoms with E-state index in [0.29, 0.717) is 18.3 Å². The molecule has 0 aliphatic rings. The predicted octanol–water partition coefficient (Wildman–Crippen LogP) is 5.87. The number of nitrogens with zero attached hydrogens (tertiary/aromatic N) is 1. The molecule has 0 aliphatic carbocycles. The highest BCUT2D eigenvalue weighted by molar-refractivity contribution is 5.68. The standard InChI is InChI=1S/C20H15F6NO6/c1-32-17-6-11(12(7-18(28)29)4-5-27(30)31)2-3-16(17)33-15-9-13(19(21,22)23)8-14(10-15)20(24,25)26/h2-6,8-10,12H,7H2,1H3,(H,28,29)/b5-4+. The Morgan fingerprint density at radius 3 is 2.09 bits per heavy atom. The summed E-state index contributed by atoms with van der Waals surface area (Å²) in [5.41, 5.74) is -2.93. The van der Waals surface area contributed by atoms with Crippen molar-refractivity contribution in [3.8, 4) is 17.2 Å². The van der Waals surface area contributed by atoms with Crippen LogP contribution in [0, 0.1) is 10.1 Å². The minimum Gasteiger partial charge on any atom is -0.493 e. The van der Waals surface area contributed by atoms with Crippen LogP contribution in [0.1, 0.15) is 29.0 Å². The highest BCUT2D eigenvalue weighted by Crippen LogP contribution is 2.41. The zero-order chi connectivity index (χ0) is 25.0. The third kappa shape index (κ3) is 7.12. The molecule has 2 aromatic carbocycles. The van der Waals surface area contributed by atoms with Crippen LogP contribution in [0.4, 0.5) is 26.3 Å². The van der Waals surface area contributed by atoms with E-state index in [4.69, 9.17) is 14.6 Å². The molecule has 0 bridgehead atoms. The van der Waals surface area contributed by atoms with E-state index in [1.807, 2.05) is 0 Å². The van der Waals surface area contributed by atoms with E-state index in [2.05, 4.69) is 0 Å². The van der Waals surface area contributed by atoms with E-state index < -0.39 is 52.5 Å². The number of hydrogen-bond donors (Lipinski definition) is 1. The Bertz CT molecular complexity index is 1030. The molecule has 1 N–H and O–H groups in total. The van der Waals surface area contributed by atoms with Gasteiger partial charge in [-0.2, -0.15) is 26.3 Å². The quantitative estimate of drug-likeness (QED) is 0.289. The first-order valence-electron chi connectivity index (χ1n) is 8.89. The zero-order valence-corrected chi connectivity index (χ0v) is 16.6. The monoisotopic (exact) mass is 479 g/mol. The molecule has 33 heavy (non-hydrogen) atoms. The van der Waals surface area contributed by atoms with Crippen molar-refractivity contribution in [2.75, 3.05) is 7.11 Å². The van der Waals surface area contributed by atoms with Gasteiger partial charge in [-0.05, 0) is 42.0 Å². The van der Waals surface area contributed by atoms with Crippen molar-refractivity contribution in [1.82, 2.24) is 0 Å². The summed E-state index contributed by atoms with van der Waals surface area (Å²) in [4.78, 5) is 20.8. The van der Waals surface area contributed by atoms with Crippen molar-refractivity contribution < 1.29 is 50.6 Å². The lowest BCUT2D eigenvalue weighted by Crippen LogP contribution is -2.11. The molecule has 0 aromatic heterocycles. The Morgan fingerprint density at radius 1 is 1.06 bits per heavy atom. The van der Waals surface area contributed by atoms with E-state index in [1.165, 1.54) is 12.1 Å². The number of carboxylic acid groups (broad SMARTS) is 1. The Balaban J connectivity index is 2.48. The van der Waals surface area contributed by atoms with Crippen molar-refractivity contribution in [2.45, 2.75) is 24.7 Å². The third-order valence-corrected chi connectivity index (χ3v) is 4.24. The maximum Gasteiger partial charge on any atom is 0.416 e. The van der Waals surface area contributed by atoms with Crippen molar-refractivity contribution >= 4 is 5.97 Å². The van der Waals surface area contributed by atoms with E-state index in [9.17, 15) is 41.3 Å². The highest BCUT2D eigenvalue weighted by Gasteiger charge is 2.37. The first-order valence-corrected chi connectivity index (χ1v) is 8.89. The average molecular weight is 479 g/mol. The van der Waals surface area contributed by atoms with E-state index in [-0.39, 0.29) is 23.1 Å². The lowest BCUT2D eigenvalue weighted by atomic mass is 9.95. The van der Waals surface area contributed by atoms with E-state index >= 15 is 0 Å². The van der Waals surface area contributed by atoms with Gasteiger partial charge in [-0.25, -0.2) is 0 Å². The number of benzene rings is 2. The van der Waals surface area contributed by atoms with Crippen LogP contribution < -0.4 is 9.47 Å². The molecule has 0 saturated heterocycles. The Labute approximate surface area is 182 Å². The van der Waals surface area contributed by atoms with E-state index in [1.54, 1.807) is 0 Å². The van der Waals surface area contributed by atoms with Crippen LogP contribution in [-0.2, 0) is 17.1 Å². The summed E-state index contributed by atoms with van der Waals surface area (Å²) in [5.74, 6) is -3.42. The first kappa shape index (κ1) is 25.5. The maximum atomic E-state index is 13.0. The second-order valence-electron chi connectivity index (χ2n) is 6.59. The number of aliphatic carboxylic acids is 1. The average Bonchev–Trinajstić information content (AvgIpc) is 2.69. The molecule has 0 amide bonds. The van der Waals surface area contributed by atoms with Gasteiger partial charge in [-0.1, -0.05) is 6.07 Å². The third-order valence-electron chi connectivity index (χ3n) is 4.24. The number of ether oxygens (including phenoxy) is 2. The van der Waals surface area contributed by atoms with Gasteiger partial charge in [0.25, 0.3) is 0 Å². The summed E-state index contributed by atoms with van der Waals surface area (Å²) in [5, 5.41) is 19.6. The Morgan fingerprint density at radius 2 is 1.64 bits per heavy atom. The minimum absolute atomic E-state index is 0.0503. The van der Waals surface area contributed by atoms with Crippen LogP contribution in [0.15, 0.2) is 48.7 Å². The fourth-order valence-corrected chi connectivity index (χ4v) is 2.77. The van der Waals surface area contributed by atoms with Gasteiger partial charge in [0.15, 0.2) is 11.5 Å². The number of allylic oxidation sites excluding steroid dienone is 1. The lowest BCUT2D eigenvalue weighted by molar-refractivity contribution is -0.402. The van der Waals surface area contributed by atoms with Crippen molar-refractivity contribution in [2.24, 2.45) is 0 Å². The molecule has 0 radical (unpaired) electrons. The van der Waals surface area contributed by atoms with Crippen LogP contribution in [-0.4, -0.2) is 23.1 Å². The number of hydrogen-bond acceptors (Lipinski definition) is 5. The molecular weight excluding hydrogens is 464 g/mol. The topological polar surface area (TPSA) is 98.9 Å². The van der Waals surface area contributed by atoms with Gasteiger partial charge < -0.3 is 14.6 Å². The largest absolute Gasteiger partial charge is 0.493 e. The summed E-state index contributed by atoms with van der Waals surface area (Å²) in [7, 11) is 1.14. The van der Waals surface area contributed by atoms with Crippen LogP contribution in [0.3, 0.4) is 0 Å². The van der Waals surface area contributed by atoms with Crippen LogP contribution >= 0.6 is 0 Å². The predicted molar refractivity (Wildman–Crippen MR) is 101 cm³/mol. The van der Waals surface area contributed by atoms with Crippen LogP contribution in [0.25, 0.3) is 0 Å². The lowest BCUT2D eigenvalue weighted by Gasteiger charge is -2.17. The molecule has 0 heterocycles. The maximum absolute atomic E-state index is 13.0. The van der Waals surface area contributed by atoms with E-state index in [0.717, 1.165) is 19.3 Å². The summed E-state index contributed by atoms with van der Waals surface area (Å²) in [6.45, 7) is 0. The fraction of sp³-hybridized carbons (Fsp3) is 0.250. The number of halogens is 6. The second kappa shape index (κ2) is 9.79. The van der Waals surface area contributed by atoms with Crippen LogP contribution in [0.5, 0.6) is 17.2 Å². The molecule has 13 heteroatoms. The molecule has 1 atom stereocenters. The number of carboxylic acids is 1. The molecule has 0 aliphatic heterocycles. The SMILES string of the molecule is COc1cc(C(/C=C/[N+](=O)[O-])CC(=O)O)ccc1Oc1cc(C(F)(F)F)cc(C(F)(F)F)c1. The summed E-state index contributed by atoms with van der Waals surface area (Å²) in [6.07, 6.45) is -9.10. The molecular formula is C20H15F6NO6. The molecule has 2 rings (SSSR count). The zero-order valence-electron chi connectivity index (χ0n) is 16.6. The normalized spacial score (nSPS) is 13.1. The fourth-order valence-electron chi connectivity index (χ4n) is 2.77. The highest BCUT2D eigenvalue weighted by atomic mass is 19.4. The van der Waals surface area contributed by atoms with Gasteiger partial charge in [-0.15, -0.1) is 0 Å². The Kier molecular flexibility index (Phi) is 7.57. The minimum atomic E-state index is -5.07. The van der Waals surface area contributed by atoms with Gasteiger partial charge in [0.2, 0.25) is 6.20 Å². The smallest absolute Gasteiger partial charge is 0.416 e. The number of nitro groups is 1. The number of carbonyl (C=O) groups is 1. The summed E-state index contributed by atoms with van der Waals surface area (Å²) < 4.78 is 88.6. The number of methoxy groups -OCH3 is 1. The summed E-state index contributed by atoms with van der Waals surface area (Å²) in [6, 6.07) is 4.33. The second-order valence-corrected chi connectivity index (χ2v) is 6.59. The molecule has 178 valence electrons. The van der Waals surface area contributed by atoms with Gasteiger partial charge in [-0.3, -0.25) is 14.9 Å². The molecule has 0 saturated carbocycles. The molecule has 2 aromatic rings. The van der Waals surface area contributed by atoms with Crippen LogP contribution in [0.2, 0.25) is 0 Å². The molecule has 1 unspecified atom stereocenters. The molecule has 0 fully saturated rings. The number of alkyl halides is 6. The van der Waals surface area contributed by atoms with Gasteiger partial charge in [0, 0.05) is 5.92 Å². The first-order chi connectivity index (χ1) is 15.2. The van der Waals surface area contributed by atoms with Gasteiger partial charge >= 0.3 is 18.3 Å². The van der Waals surface area contributed by atoms with Gasteiger partial charge in [0.05, 0.1) is 29.6 Å². The summed E-state index contributed by atoms with van der Waals surface area (Å²) >= 11 is 0. The molecule has 7 nitrogen and oxygen atoms in total. The number of rotatable bonds is 8. The molecule has 0 spiro atoms. The van der Waals surface area contributed by atoms with Crippen molar-refractivity contribution in [3.05, 3.63) is 75.5 Å². The van der Waals surface area contributed by atoms with Crippen molar-refractivity contribution in [1.29, 1.82) is 0 Å². The Hall–Kier alpha value is -3.77.